The van der Waals surface area contributed by atoms with Crippen LogP contribution in [-0.4, -0.2) is 32.1 Å². The van der Waals surface area contributed by atoms with E-state index in [1.807, 2.05) is 30.3 Å². The fourth-order valence-corrected chi connectivity index (χ4v) is 2.32. The molecule has 1 aliphatic heterocycles. The standard InChI is InChI=1S/C21H25NO2/c1-2-4-9-17-24-19-11-15-21(14-10-18-23-16-8-3-1)22-20-12-6-5-7-13-20/h5-7,12-13H,1-4,8-9,16-19H2. The van der Waals surface area contributed by atoms with Gasteiger partial charge in [0.05, 0.1) is 5.69 Å². The van der Waals surface area contributed by atoms with Crippen LogP contribution in [0, 0.1) is 23.7 Å². The van der Waals surface area contributed by atoms with Crippen LogP contribution >= 0.6 is 0 Å². The third-order valence-electron chi connectivity index (χ3n) is 3.59. The summed E-state index contributed by atoms with van der Waals surface area (Å²) in [5.41, 5.74) is 1.40. The fraction of sp³-hybridized carbons (Fsp3) is 0.476. The van der Waals surface area contributed by atoms with Gasteiger partial charge >= 0.3 is 0 Å². The molecule has 1 aromatic rings. The summed E-state index contributed by atoms with van der Waals surface area (Å²) < 4.78 is 11.1. The number of hydrogen-bond donors (Lipinski definition) is 0. The number of ether oxygens (including phenoxy) is 2. The molecule has 3 nitrogen and oxygen atoms in total. The first-order chi connectivity index (χ1) is 11.9. The van der Waals surface area contributed by atoms with Gasteiger partial charge in [0, 0.05) is 13.2 Å². The van der Waals surface area contributed by atoms with Gasteiger partial charge in [0.1, 0.15) is 13.2 Å². The van der Waals surface area contributed by atoms with E-state index in [1.165, 1.54) is 25.7 Å². The Balaban J connectivity index is 2.00. The van der Waals surface area contributed by atoms with Crippen LogP contribution in [-0.2, 0) is 9.47 Å². The Bertz CT molecular complexity index is 580. The molecule has 0 saturated carbocycles. The van der Waals surface area contributed by atoms with Crippen molar-refractivity contribution in [3.63, 3.8) is 0 Å². The zero-order chi connectivity index (χ0) is 16.7. The van der Waals surface area contributed by atoms with Gasteiger partial charge in [-0.3, -0.25) is 0 Å². The van der Waals surface area contributed by atoms with E-state index >= 15 is 0 Å². The van der Waals surface area contributed by atoms with Crippen LogP contribution < -0.4 is 0 Å². The maximum atomic E-state index is 5.56. The topological polar surface area (TPSA) is 30.8 Å². The summed E-state index contributed by atoms with van der Waals surface area (Å²) in [6, 6.07) is 9.73. The van der Waals surface area contributed by atoms with Gasteiger partial charge in [0.25, 0.3) is 0 Å². The average Bonchev–Trinajstić information content (AvgIpc) is 2.61. The SMILES string of the molecule is C1#CC(=Nc2ccccc2)C#CCOCCCCCCCCOC1. The average molecular weight is 323 g/mol. The highest BCUT2D eigenvalue weighted by molar-refractivity contribution is 6.14. The van der Waals surface area contributed by atoms with Crippen LogP contribution in [0.2, 0.25) is 0 Å². The maximum absolute atomic E-state index is 5.56. The third kappa shape index (κ3) is 8.53. The van der Waals surface area contributed by atoms with E-state index in [2.05, 4.69) is 28.7 Å². The molecule has 1 heterocycles. The van der Waals surface area contributed by atoms with Crippen LogP contribution in [0.4, 0.5) is 5.69 Å². The van der Waals surface area contributed by atoms with E-state index in [0.29, 0.717) is 18.9 Å². The second-order valence-corrected chi connectivity index (χ2v) is 5.63. The van der Waals surface area contributed by atoms with Gasteiger partial charge in [0.15, 0.2) is 5.71 Å². The van der Waals surface area contributed by atoms with Crippen molar-refractivity contribution >= 4 is 11.4 Å². The van der Waals surface area contributed by atoms with Gasteiger partial charge in [0.2, 0.25) is 0 Å². The number of aliphatic imine (C=N–C) groups is 1. The summed E-state index contributed by atoms with van der Waals surface area (Å²) in [5, 5.41) is 0. The number of para-hydroxylation sites is 1. The van der Waals surface area contributed by atoms with Crippen LogP contribution in [0.25, 0.3) is 0 Å². The van der Waals surface area contributed by atoms with E-state index in [-0.39, 0.29) is 0 Å². The number of rotatable bonds is 1. The molecule has 1 aromatic carbocycles. The fourth-order valence-electron chi connectivity index (χ4n) is 2.32. The van der Waals surface area contributed by atoms with Crippen LogP contribution in [0.5, 0.6) is 0 Å². The zero-order valence-electron chi connectivity index (χ0n) is 14.2. The van der Waals surface area contributed by atoms with Gasteiger partial charge in [-0.15, -0.1) is 0 Å². The van der Waals surface area contributed by atoms with Crippen molar-refractivity contribution in [1.29, 1.82) is 0 Å². The molecule has 3 heteroatoms. The smallest absolute Gasteiger partial charge is 0.164 e. The van der Waals surface area contributed by atoms with Gasteiger partial charge in [-0.05, 0) is 36.8 Å². The van der Waals surface area contributed by atoms with E-state index < -0.39 is 0 Å². The van der Waals surface area contributed by atoms with Crippen molar-refractivity contribution in [3.05, 3.63) is 30.3 Å². The largest absolute Gasteiger partial charge is 0.369 e. The summed E-state index contributed by atoms with van der Waals surface area (Å²) in [5.74, 6) is 12.0. The summed E-state index contributed by atoms with van der Waals surface area (Å²) >= 11 is 0. The van der Waals surface area contributed by atoms with Crippen LogP contribution in [0.3, 0.4) is 0 Å². The predicted octanol–water partition coefficient (Wildman–Crippen LogP) is 4.15. The number of nitrogens with zero attached hydrogens (tertiary/aromatic N) is 1. The van der Waals surface area contributed by atoms with E-state index in [0.717, 1.165) is 31.7 Å². The molecule has 0 saturated heterocycles. The first-order valence-electron chi connectivity index (χ1n) is 8.72. The Morgan fingerprint density at radius 3 is 1.83 bits per heavy atom. The number of hydrogen-bond acceptors (Lipinski definition) is 3. The minimum atomic E-state index is 0.423. The highest BCUT2D eigenvalue weighted by atomic mass is 16.5. The first-order valence-corrected chi connectivity index (χ1v) is 8.72. The molecule has 0 radical (unpaired) electrons. The molecule has 2 rings (SSSR count). The Labute approximate surface area is 145 Å². The highest BCUT2D eigenvalue weighted by Crippen LogP contribution is 2.09. The van der Waals surface area contributed by atoms with E-state index in [9.17, 15) is 0 Å². The molecule has 126 valence electrons. The third-order valence-corrected chi connectivity index (χ3v) is 3.59. The first kappa shape index (κ1) is 18.3. The van der Waals surface area contributed by atoms with Crippen molar-refractivity contribution in [2.75, 3.05) is 26.4 Å². The molecule has 0 spiro atoms. The lowest BCUT2D eigenvalue weighted by Gasteiger charge is -2.02. The van der Waals surface area contributed by atoms with Gasteiger partial charge in [-0.1, -0.05) is 55.7 Å². The highest BCUT2D eigenvalue weighted by Gasteiger charge is 1.94. The summed E-state index contributed by atoms with van der Waals surface area (Å²) in [6.45, 7) is 2.39. The second-order valence-electron chi connectivity index (χ2n) is 5.63. The molecule has 1 aliphatic rings. The minimum absolute atomic E-state index is 0.423. The van der Waals surface area contributed by atoms with Gasteiger partial charge in [-0.25, -0.2) is 4.99 Å². The van der Waals surface area contributed by atoms with Gasteiger partial charge in [-0.2, -0.15) is 0 Å². The van der Waals surface area contributed by atoms with Crippen molar-refractivity contribution in [1.82, 2.24) is 0 Å². The monoisotopic (exact) mass is 323 g/mol. The molecule has 0 bridgehead atoms. The summed E-state index contributed by atoms with van der Waals surface area (Å²) in [4.78, 5) is 4.49. The molecule has 0 N–H and O–H groups in total. The molecule has 0 amide bonds. The van der Waals surface area contributed by atoms with Crippen molar-refractivity contribution in [2.45, 2.75) is 38.5 Å². The van der Waals surface area contributed by atoms with Crippen LogP contribution in [0.1, 0.15) is 38.5 Å². The predicted molar refractivity (Wildman–Crippen MR) is 98.4 cm³/mol. The molecular weight excluding hydrogens is 298 g/mol. The Kier molecular flexibility index (Phi) is 9.41. The molecule has 0 aliphatic carbocycles. The maximum Gasteiger partial charge on any atom is 0.164 e. The molecule has 24 heavy (non-hydrogen) atoms. The molecule has 0 unspecified atom stereocenters. The molecule has 0 aromatic heterocycles. The van der Waals surface area contributed by atoms with Crippen molar-refractivity contribution in [3.8, 4) is 23.7 Å². The Morgan fingerprint density at radius 1 is 0.708 bits per heavy atom. The zero-order valence-corrected chi connectivity index (χ0v) is 14.2. The van der Waals surface area contributed by atoms with E-state index in [1.54, 1.807) is 0 Å². The molecule has 0 fully saturated rings. The molecular formula is C21H25NO2. The number of benzene rings is 1. The van der Waals surface area contributed by atoms with E-state index in [4.69, 9.17) is 9.47 Å². The summed E-state index contributed by atoms with van der Waals surface area (Å²) in [7, 11) is 0. The lowest BCUT2D eigenvalue weighted by atomic mass is 10.1. The van der Waals surface area contributed by atoms with Crippen molar-refractivity contribution < 1.29 is 9.47 Å². The van der Waals surface area contributed by atoms with Crippen LogP contribution in [0.15, 0.2) is 35.3 Å². The Morgan fingerprint density at radius 2 is 1.25 bits per heavy atom. The van der Waals surface area contributed by atoms with Crippen molar-refractivity contribution in [2.24, 2.45) is 4.99 Å². The lowest BCUT2D eigenvalue weighted by molar-refractivity contribution is 0.158. The normalized spacial score (nSPS) is 17.6. The minimum Gasteiger partial charge on any atom is -0.369 e. The lowest BCUT2D eigenvalue weighted by Crippen LogP contribution is -1.97. The second kappa shape index (κ2) is 12.4. The van der Waals surface area contributed by atoms with Gasteiger partial charge < -0.3 is 9.47 Å². The molecule has 0 atom stereocenters. The Hall–Kier alpha value is -2.07. The quantitative estimate of drug-likeness (QED) is 0.727. The summed E-state index contributed by atoms with van der Waals surface area (Å²) in [6.07, 6.45) is 7.17.